The lowest BCUT2D eigenvalue weighted by Crippen LogP contribution is -2.58. The summed E-state index contributed by atoms with van der Waals surface area (Å²) >= 11 is 0. The average Bonchev–Trinajstić information content (AvgIpc) is 3.73. The molecule has 1 fully saturated rings. The first kappa shape index (κ1) is 28.3. The normalized spacial score (nSPS) is 16.9. The lowest BCUT2D eigenvalue weighted by molar-refractivity contribution is -0.142. The summed E-state index contributed by atoms with van der Waals surface area (Å²) in [5.41, 5.74) is 1.73. The number of rotatable bonds is 13. The van der Waals surface area contributed by atoms with Crippen molar-refractivity contribution in [1.82, 2.24) is 41.2 Å². The molecule has 1 aliphatic heterocycles. The van der Waals surface area contributed by atoms with Gasteiger partial charge in [0.1, 0.15) is 23.9 Å². The van der Waals surface area contributed by atoms with Crippen molar-refractivity contribution < 1.29 is 29.4 Å². The third kappa shape index (κ3) is 7.89. The molecule has 1 aromatic carbocycles. The molecule has 40 heavy (non-hydrogen) atoms. The predicted octanol–water partition coefficient (Wildman–Crippen LogP) is -0.843. The lowest BCUT2D eigenvalue weighted by atomic mass is 10.0. The molecule has 4 rings (SSSR count). The Labute approximate surface area is 229 Å². The molecule has 14 nitrogen and oxygen atoms in total. The number of phenolic OH excluding ortho intramolecular Hbond substituents is 1. The van der Waals surface area contributed by atoms with Crippen LogP contribution in [-0.4, -0.2) is 84.6 Å². The number of hydrogen-bond acceptors (Lipinski definition) is 8. The van der Waals surface area contributed by atoms with Crippen LogP contribution in [-0.2, 0) is 38.4 Å². The van der Waals surface area contributed by atoms with E-state index in [0.717, 1.165) is 6.42 Å². The second-order valence-corrected chi connectivity index (χ2v) is 9.60. The fourth-order valence-electron chi connectivity index (χ4n) is 4.44. The van der Waals surface area contributed by atoms with Crippen LogP contribution in [0.4, 0.5) is 0 Å². The fraction of sp³-hybridized carbons (Fsp3) is 0.385. The maximum atomic E-state index is 13.5. The standard InChI is InChI=1S/C26H32N8O6/c35-18-5-3-15(4-6-18)8-22(26(39)40)34-25(38)21(10-17-12-28-14-31-17)33-24(37)20(9-16-11-27-13-30-16)32-23(36)19-2-1-7-29-19/h3-6,11-14,19-22,29,35H,1-2,7-10H2,(H,27,30)(H,28,31)(H,32,36)(H,33,37)(H,34,38)(H,39,40). The van der Waals surface area contributed by atoms with E-state index in [0.29, 0.717) is 29.9 Å². The van der Waals surface area contributed by atoms with Crippen LogP contribution in [0.3, 0.4) is 0 Å². The van der Waals surface area contributed by atoms with Gasteiger partial charge in [0.05, 0.1) is 18.7 Å². The van der Waals surface area contributed by atoms with E-state index in [-0.39, 0.29) is 30.9 Å². The molecule has 14 heteroatoms. The van der Waals surface area contributed by atoms with Gasteiger partial charge in [-0.2, -0.15) is 0 Å². The molecular formula is C26H32N8O6. The number of benzene rings is 1. The van der Waals surface area contributed by atoms with Crippen LogP contribution in [0.25, 0.3) is 0 Å². The van der Waals surface area contributed by atoms with Gasteiger partial charge >= 0.3 is 5.97 Å². The van der Waals surface area contributed by atoms with Crippen LogP contribution < -0.4 is 21.3 Å². The number of aromatic amines is 2. The van der Waals surface area contributed by atoms with E-state index in [2.05, 4.69) is 41.2 Å². The molecule has 3 amide bonds. The van der Waals surface area contributed by atoms with E-state index >= 15 is 0 Å². The van der Waals surface area contributed by atoms with Crippen LogP contribution in [0, 0.1) is 0 Å². The molecule has 4 unspecified atom stereocenters. The van der Waals surface area contributed by atoms with Gasteiger partial charge in [0, 0.05) is 43.0 Å². The number of imidazole rings is 2. The number of carbonyl (C=O) groups is 4. The molecule has 1 saturated heterocycles. The Morgan fingerprint density at radius 1 is 0.850 bits per heavy atom. The maximum Gasteiger partial charge on any atom is 0.326 e. The molecule has 0 bridgehead atoms. The Kier molecular flexibility index (Phi) is 9.46. The number of amides is 3. The Bertz CT molecular complexity index is 1270. The van der Waals surface area contributed by atoms with Crippen molar-refractivity contribution in [2.24, 2.45) is 0 Å². The molecule has 2 aromatic heterocycles. The second kappa shape index (κ2) is 13.4. The first-order chi connectivity index (χ1) is 19.3. The van der Waals surface area contributed by atoms with Gasteiger partial charge in [-0.1, -0.05) is 12.1 Å². The van der Waals surface area contributed by atoms with E-state index in [1.807, 2.05) is 0 Å². The molecule has 0 saturated carbocycles. The number of phenols is 1. The van der Waals surface area contributed by atoms with Crippen molar-refractivity contribution in [3.63, 3.8) is 0 Å². The van der Waals surface area contributed by atoms with Crippen LogP contribution in [0.2, 0.25) is 0 Å². The summed E-state index contributed by atoms with van der Waals surface area (Å²) in [6.07, 6.45) is 7.46. The van der Waals surface area contributed by atoms with Crippen molar-refractivity contribution in [3.05, 3.63) is 66.3 Å². The highest BCUT2D eigenvalue weighted by molar-refractivity contribution is 5.94. The highest BCUT2D eigenvalue weighted by Gasteiger charge is 2.32. The van der Waals surface area contributed by atoms with Crippen LogP contribution in [0.5, 0.6) is 5.75 Å². The molecule has 3 heterocycles. The zero-order valence-electron chi connectivity index (χ0n) is 21.6. The highest BCUT2D eigenvalue weighted by atomic mass is 16.4. The molecular weight excluding hydrogens is 520 g/mol. The van der Waals surface area contributed by atoms with Gasteiger partial charge in [-0.3, -0.25) is 14.4 Å². The van der Waals surface area contributed by atoms with E-state index in [1.165, 1.54) is 37.2 Å². The zero-order valence-corrected chi connectivity index (χ0v) is 21.6. The minimum absolute atomic E-state index is 0.00196. The molecule has 4 atom stereocenters. The summed E-state index contributed by atoms with van der Waals surface area (Å²) < 4.78 is 0. The SMILES string of the molecule is O=C(O)C(Cc1ccc(O)cc1)NC(=O)C(Cc1cnc[nH]1)NC(=O)C(Cc1cnc[nH]1)NC(=O)C1CCCN1. The first-order valence-corrected chi connectivity index (χ1v) is 12.9. The summed E-state index contributed by atoms with van der Waals surface area (Å²) in [5.74, 6) is -2.90. The molecule has 0 aliphatic carbocycles. The summed E-state index contributed by atoms with van der Waals surface area (Å²) in [7, 11) is 0. The molecule has 3 aromatic rings. The van der Waals surface area contributed by atoms with Crippen molar-refractivity contribution in [2.75, 3.05) is 6.54 Å². The zero-order chi connectivity index (χ0) is 28.5. The second-order valence-electron chi connectivity index (χ2n) is 9.60. The highest BCUT2D eigenvalue weighted by Crippen LogP contribution is 2.12. The third-order valence-corrected chi connectivity index (χ3v) is 6.59. The number of aromatic hydroxyl groups is 1. The Balaban J connectivity index is 1.50. The molecule has 1 aliphatic rings. The number of nitrogens with zero attached hydrogens (tertiary/aromatic N) is 2. The molecule has 8 N–H and O–H groups in total. The number of carboxylic acid groups (broad SMARTS) is 1. The Hall–Kier alpha value is -4.72. The monoisotopic (exact) mass is 552 g/mol. The number of nitrogens with one attached hydrogen (secondary N) is 6. The number of aromatic nitrogens is 4. The van der Waals surface area contributed by atoms with E-state index in [1.54, 1.807) is 12.1 Å². The van der Waals surface area contributed by atoms with Gasteiger partial charge in [0.25, 0.3) is 0 Å². The van der Waals surface area contributed by atoms with Gasteiger partial charge in [0.15, 0.2) is 0 Å². The largest absolute Gasteiger partial charge is 0.508 e. The van der Waals surface area contributed by atoms with Gasteiger partial charge in [-0.25, -0.2) is 14.8 Å². The lowest BCUT2D eigenvalue weighted by Gasteiger charge is -2.25. The van der Waals surface area contributed by atoms with Gasteiger partial charge in [-0.05, 0) is 37.1 Å². The number of carboxylic acids is 1. The van der Waals surface area contributed by atoms with Crippen LogP contribution in [0.15, 0.2) is 49.3 Å². The fourth-order valence-corrected chi connectivity index (χ4v) is 4.44. The van der Waals surface area contributed by atoms with E-state index in [9.17, 15) is 29.4 Å². The Morgan fingerprint density at radius 3 is 1.93 bits per heavy atom. The van der Waals surface area contributed by atoms with Gasteiger partial charge in [0.2, 0.25) is 17.7 Å². The minimum Gasteiger partial charge on any atom is -0.508 e. The average molecular weight is 553 g/mol. The van der Waals surface area contributed by atoms with E-state index in [4.69, 9.17) is 0 Å². The van der Waals surface area contributed by atoms with Gasteiger partial charge < -0.3 is 41.4 Å². The molecule has 0 spiro atoms. The number of H-pyrrole nitrogens is 2. The molecule has 212 valence electrons. The van der Waals surface area contributed by atoms with Crippen molar-refractivity contribution in [1.29, 1.82) is 0 Å². The smallest absolute Gasteiger partial charge is 0.326 e. The van der Waals surface area contributed by atoms with Crippen molar-refractivity contribution in [2.45, 2.75) is 56.3 Å². The summed E-state index contributed by atoms with van der Waals surface area (Å²) in [6.45, 7) is 0.705. The predicted molar refractivity (Wildman–Crippen MR) is 141 cm³/mol. The van der Waals surface area contributed by atoms with Crippen molar-refractivity contribution in [3.8, 4) is 5.75 Å². The third-order valence-electron chi connectivity index (χ3n) is 6.59. The van der Waals surface area contributed by atoms with Crippen LogP contribution in [0.1, 0.15) is 29.8 Å². The van der Waals surface area contributed by atoms with E-state index < -0.39 is 42.0 Å². The number of carbonyl (C=O) groups excluding carboxylic acids is 3. The van der Waals surface area contributed by atoms with Crippen LogP contribution >= 0.6 is 0 Å². The summed E-state index contributed by atoms with van der Waals surface area (Å²) in [5, 5.41) is 30.3. The summed E-state index contributed by atoms with van der Waals surface area (Å²) in [6, 6.07) is 2.04. The topological polar surface area (TPSA) is 214 Å². The molecule has 0 radical (unpaired) electrons. The maximum absolute atomic E-state index is 13.5. The minimum atomic E-state index is -1.30. The number of aliphatic carboxylic acids is 1. The first-order valence-electron chi connectivity index (χ1n) is 12.9. The Morgan fingerprint density at radius 2 is 1.43 bits per heavy atom. The summed E-state index contributed by atoms with van der Waals surface area (Å²) in [4.78, 5) is 65.3. The van der Waals surface area contributed by atoms with Gasteiger partial charge in [-0.15, -0.1) is 0 Å². The number of hydrogen-bond donors (Lipinski definition) is 8. The quantitative estimate of drug-likeness (QED) is 0.132. The van der Waals surface area contributed by atoms with Crippen molar-refractivity contribution >= 4 is 23.7 Å².